The molecule has 1 N–H and O–H groups in total. The van der Waals surface area contributed by atoms with E-state index in [-0.39, 0.29) is 4.90 Å². The van der Waals surface area contributed by atoms with Crippen LogP contribution in [-0.4, -0.2) is 13.0 Å². The largest absolute Gasteiger partial charge is 0.294 e. The molecule has 0 bridgehead atoms. The van der Waals surface area contributed by atoms with Crippen molar-refractivity contribution in [2.24, 2.45) is 0 Å². The fraction of sp³-hybridized carbons (Fsp3) is 0.783. The Bertz CT molecular complexity index is 1190. The molecule has 50 heavy (non-hydrogen) atoms. The van der Waals surface area contributed by atoms with Gasteiger partial charge in [0.2, 0.25) is 0 Å². The number of unbranched alkanes of at least 4 members (excludes halogenated alkanes) is 30. The first-order valence-electron chi connectivity index (χ1n) is 22.0. The summed E-state index contributed by atoms with van der Waals surface area (Å²) in [5, 5.41) is 2.08. The highest BCUT2D eigenvalue weighted by atomic mass is 32.2. The van der Waals surface area contributed by atoms with Gasteiger partial charge >= 0.3 is 0 Å². The van der Waals surface area contributed by atoms with Gasteiger partial charge in [-0.3, -0.25) is 4.55 Å². The number of hydrogen-bond acceptors (Lipinski definition) is 2. The molecule has 4 heteroatoms. The van der Waals surface area contributed by atoms with E-state index in [9.17, 15) is 13.0 Å². The summed E-state index contributed by atoms with van der Waals surface area (Å²) < 4.78 is 35.5. The summed E-state index contributed by atoms with van der Waals surface area (Å²) >= 11 is 0. The SMILES string of the molecule is CCCCCCCCCCCCCCCCCCc1c(S(=O)(=O)O)cc2ccccc2c1CCCCCCCCCCCCCCCCCC. The quantitative estimate of drug-likeness (QED) is 0.0572. The fourth-order valence-electron chi connectivity index (χ4n) is 7.93. The predicted molar refractivity (Wildman–Crippen MR) is 220 cm³/mol. The summed E-state index contributed by atoms with van der Waals surface area (Å²) in [4.78, 5) is 0.142. The van der Waals surface area contributed by atoms with Gasteiger partial charge in [0.1, 0.15) is 0 Å². The molecule has 0 saturated carbocycles. The van der Waals surface area contributed by atoms with E-state index in [0.717, 1.165) is 54.0 Å². The maximum Gasteiger partial charge on any atom is 0.294 e. The van der Waals surface area contributed by atoms with Crippen LogP contribution in [0.25, 0.3) is 10.8 Å². The standard InChI is InChI=1S/C46H80O3S/c1-3-5-7-9-11-13-15-17-19-21-23-25-27-29-31-33-39-44-43-38-36-35-37-42(43)41-46(50(47,48)49)45(44)40-34-32-30-28-26-24-22-20-18-16-14-12-10-8-6-4-2/h35-38,41H,3-34,39-40H2,1-2H3,(H,47,48,49). The van der Waals surface area contributed by atoms with Gasteiger partial charge < -0.3 is 0 Å². The Balaban J connectivity index is 1.68. The van der Waals surface area contributed by atoms with Crippen LogP contribution in [0.5, 0.6) is 0 Å². The van der Waals surface area contributed by atoms with Gasteiger partial charge in [0, 0.05) is 0 Å². The molecule has 2 aromatic carbocycles. The van der Waals surface area contributed by atoms with Crippen LogP contribution < -0.4 is 0 Å². The molecule has 2 rings (SSSR count). The topological polar surface area (TPSA) is 54.4 Å². The molecule has 0 saturated heterocycles. The second-order valence-electron chi connectivity index (χ2n) is 15.6. The van der Waals surface area contributed by atoms with Crippen LogP contribution >= 0.6 is 0 Å². The zero-order chi connectivity index (χ0) is 36.0. The Kier molecular flexibility index (Phi) is 27.0. The minimum atomic E-state index is -4.28. The second kappa shape index (κ2) is 30.1. The zero-order valence-corrected chi connectivity index (χ0v) is 33.9. The molecule has 0 radical (unpaired) electrons. The molecular weight excluding hydrogens is 633 g/mol. The third kappa shape index (κ3) is 21.2. The summed E-state index contributed by atoms with van der Waals surface area (Å²) in [5.41, 5.74) is 2.03. The summed E-state index contributed by atoms with van der Waals surface area (Å²) in [7, 11) is -4.28. The van der Waals surface area contributed by atoms with Crippen molar-refractivity contribution in [3.63, 3.8) is 0 Å². The number of benzene rings is 2. The van der Waals surface area contributed by atoms with E-state index in [1.165, 1.54) is 186 Å². The molecule has 0 heterocycles. The van der Waals surface area contributed by atoms with Gasteiger partial charge in [-0.2, -0.15) is 8.42 Å². The maximum atomic E-state index is 12.6. The smallest absolute Gasteiger partial charge is 0.282 e. The Morgan fingerprint density at radius 3 is 1.06 bits per heavy atom. The zero-order valence-electron chi connectivity index (χ0n) is 33.1. The van der Waals surface area contributed by atoms with Crippen LogP contribution in [0.3, 0.4) is 0 Å². The highest BCUT2D eigenvalue weighted by Gasteiger charge is 2.21. The first kappa shape index (κ1) is 44.8. The van der Waals surface area contributed by atoms with Crippen LogP contribution in [-0.2, 0) is 23.0 Å². The molecule has 0 amide bonds. The average Bonchev–Trinajstić information content (AvgIpc) is 3.11. The molecule has 0 fully saturated rings. The summed E-state index contributed by atoms with van der Waals surface area (Å²) in [6.45, 7) is 4.57. The summed E-state index contributed by atoms with van der Waals surface area (Å²) in [5.74, 6) is 0. The van der Waals surface area contributed by atoms with Crippen LogP contribution in [0.2, 0.25) is 0 Å². The molecule has 0 spiro atoms. The normalized spacial score (nSPS) is 12.0. The van der Waals surface area contributed by atoms with Crippen LogP contribution in [0.1, 0.15) is 230 Å². The van der Waals surface area contributed by atoms with Crippen LogP contribution in [0.15, 0.2) is 35.2 Å². The monoisotopic (exact) mass is 713 g/mol. The number of hydrogen-bond donors (Lipinski definition) is 1. The number of rotatable bonds is 35. The molecule has 0 aromatic heterocycles. The first-order valence-corrected chi connectivity index (χ1v) is 23.4. The number of fused-ring (bicyclic) bond motifs is 1. The lowest BCUT2D eigenvalue weighted by molar-refractivity contribution is 0.481. The van der Waals surface area contributed by atoms with Gasteiger partial charge in [0.25, 0.3) is 10.1 Å². The van der Waals surface area contributed by atoms with Crippen molar-refractivity contribution < 1.29 is 13.0 Å². The van der Waals surface area contributed by atoms with Crippen molar-refractivity contribution in [1.82, 2.24) is 0 Å². The van der Waals surface area contributed by atoms with Crippen molar-refractivity contribution in [3.8, 4) is 0 Å². The molecule has 3 nitrogen and oxygen atoms in total. The summed E-state index contributed by atoms with van der Waals surface area (Å²) in [6, 6.07) is 9.86. The van der Waals surface area contributed by atoms with Crippen molar-refractivity contribution in [2.75, 3.05) is 0 Å². The molecule has 0 aliphatic rings. The maximum absolute atomic E-state index is 12.6. The van der Waals surface area contributed by atoms with Crippen molar-refractivity contribution in [3.05, 3.63) is 41.5 Å². The minimum absolute atomic E-state index is 0.142. The van der Waals surface area contributed by atoms with Crippen molar-refractivity contribution >= 4 is 20.9 Å². The number of aryl methyl sites for hydroxylation is 1. The van der Waals surface area contributed by atoms with E-state index >= 15 is 0 Å². The Labute approximate surface area is 311 Å². The highest BCUT2D eigenvalue weighted by Crippen LogP contribution is 2.32. The van der Waals surface area contributed by atoms with Gasteiger partial charge in [-0.15, -0.1) is 0 Å². The minimum Gasteiger partial charge on any atom is -0.282 e. The third-order valence-electron chi connectivity index (χ3n) is 11.1. The van der Waals surface area contributed by atoms with Gasteiger partial charge in [0.15, 0.2) is 0 Å². The molecule has 0 atom stereocenters. The Morgan fingerprint density at radius 1 is 0.420 bits per heavy atom. The average molecular weight is 713 g/mol. The summed E-state index contributed by atoms with van der Waals surface area (Å²) in [6.07, 6.45) is 44.4. The lowest BCUT2D eigenvalue weighted by Crippen LogP contribution is -2.08. The Hall–Kier alpha value is -1.39. The molecule has 0 aliphatic carbocycles. The second-order valence-corrected chi connectivity index (χ2v) is 17.0. The van der Waals surface area contributed by atoms with Gasteiger partial charge in [-0.25, -0.2) is 0 Å². The van der Waals surface area contributed by atoms with Crippen molar-refractivity contribution in [2.45, 2.75) is 237 Å². The van der Waals surface area contributed by atoms with E-state index in [1.54, 1.807) is 6.07 Å². The highest BCUT2D eigenvalue weighted by molar-refractivity contribution is 7.85. The third-order valence-corrected chi connectivity index (χ3v) is 12.0. The molecule has 0 aliphatic heterocycles. The van der Waals surface area contributed by atoms with Crippen LogP contribution in [0.4, 0.5) is 0 Å². The molecule has 0 unspecified atom stereocenters. The lowest BCUT2D eigenvalue weighted by Gasteiger charge is -2.17. The van der Waals surface area contributed by atoms with Gasteiger partial charge in [0.05, 0.1) is 4.90 Å². The first-order chi connectivity index (χ1) is 24.5. The van der Waals surface area contributed by atoms with Gasteiger partial charge in [-0.1, -0.05) is 231 Å². The van der Waals surface area contributed by atoms with E-state index < -0.39 is 10.1 Å². The van der Waals surface area contributed by atoms with Crippen molar-refractivity contribution in [1.29, 1.82) is 0 Å². The molecule has 288 valence electrons. The lowest BCUT2D eigenvalue weighted by atomic mass is 9.91. The van der Waals surface area contributed by atoms with Gasteiger partial charge in [-0.05, 0) is 53.6 Å². The van der Waals surface area contributed by atoms with E-state index in [0.29, 0.717) is 0 Å². The van der Waals surface area contributed by atoms with E-state index in [2.05, 4.69) is 26.0 Å². The van der Waals surface area contributed by atoms with Crippen LogP contribution in [0, 0.1) is 0 Å². The predicted octanol–water partition coefficient (Wildman–Crippen LogP) is 15.7. The Morgan fingerprint density at radius 2 is 0.720 bits per heavy atom. The van der Waals surface area contributed by atoms with E-state index in [4.69, 9.17) is 0 Å². The molecule has 2 aromatic rings. The molecular formula is C46H80O3S. The van der Waals surface area contributed by atoms with E-state index in [1.807, 2.05) is 12.1 Å². The fourth-order valence-corrected chi connectivity index (χ4v) is 8.74.